The van der Waals surface area contributed by atoms with Crippen molar-refractivity contribution in [3.8, 4) is 0 Å². The predicted octanol–water partition coefficient (Wildman–Crippen LogP) is 1.10. The van der Waals surface area contributed by atoms with Gasteiger partial charge in [-0.25, -0.2) is 0 Å². The normalized spacial score (nSPS) is 10.9. The summed E-state index contributed by atoms with van der Waals surface area (Å²) in [5.74, 6) is -3.11. The summed E-state index contributed by atoms with van der Waals surface area (Å²) < 4.78 is 5.18. The second-order valence-electron chi connectivity index (χ2n) is 5.13. The second kappa shape index (κ2) is 6.32. The molecule has 0 radical (unpaired) electrons. The quantitative estimate of drug-likeness (QED) is 0.441. The molecule has 0 aliphatic carbocycles. The van der Waals surface area contributed by atoms with Crippen molar-refractivity contribution in [1.29, 1.82) is 0 Å². The Labute approximate surface area is 117 Å². The third-order valence-corrected chi connectivity index (χ3v) is 3.21. The molecule has 0 bridgehead atoms. The summed E-state index contributed by atoms with van der Waals surface area (Å²) in [6, 6.07) is 5.82. The maximum atomic E-state index is 11.8. The van der Waals surface area contributed by atoms with E-state index in [4.69, 9.17) is 4.74 Å². The van der Waals surface area contributed by atoms with E-state index in [9.17, 15) is 19.5 Å². The Morgan fingerprint density at radius 3 is 2.15 bits per heavy atom. The fourth-order valence-electron chi connectivity index (χ4n) is 1.36. The van der Waals surface area contributed by atoms with Gasteiger partial charge in [-0.15, -0.1) is 0 Å². The Morgan fingerprint density at radius 1 is 1.15 bits per heavy atom. The van der Waals surface area contributed by atoms with Gasteiger partial charge < -0.3 is 14.6 Å². The molecular weight excluding hydrogens is 260 g/mol. The Morgan fingerprint density at radius 2 is 1.70 bits per heavy atom. The highest BCUT2D eigenvalue weighted by atomic mass is 16.5. The van der Waals surface area contributed by atoms with Gasteiger partial charge in [-0.1, -0.05) is 31.2 Å². The number of carbonyl (C=O) groups excluding carboxylic acids is 3. The zero-order valence-electron chi connectivity index (χ0n) is 11.8. The highest BCUT2D eigenvalue weighted by molar-refractivity contribution is 6.38. The van der Waals surface area contributed by atoms with Gasteiger partial charge >= 0.3 is 5.97 Å². The van der Waals surface area contributed by atoms with Crippen molar-refractivity contribution in [1.82, 2.24) is 0 Å². The summed E-state index contributed by atoms with van der Waals surface area (Å²) in [6.07, 6.45) is 0.672. The van der Waals surface area contributed by atoms with Gasteiger partial charge in [-0.2, -0.15) is 0 Å². The van der Waals surface area contributed by atoms with Crippen molar-refractivity contribution in [3.63, 3.8) is 0 Å². The van der Waals surface area contributed by atoms with Crippen molar-refractivity contribution < 1.29 is 24.2 Å². The molecule has 1 rings (SSSR count). The molecule has 0 amide bonds. The lowest BCUT2D eigenvalue weighted by Gasteiger charge is -2.20. The molecule has 5 heteroatoms. The number of ketones is 1. The first-order valence-corrected chi connectivity index (χ1v) is 6.29. The van der Waals surface area contributed by atoms with E-state index in [1.54, 1.807) is 26.0 Å². The number of rotatable bonds is 6. The molecular formula is C15H17O5-. The lowest BCUT2D eigenvalue weighted by Crippen LogP contribution is -2.31. The molecule has 0 atom stereocenters. The van der Waals surface area contributed by atoms with Gasteiger partial charge in [0, 0.05) is 5.56 Å². The van der Waals surface area contributed by atoms with Crippen LogP contribution in [0.4, 0.5) is 0 Å². The second-order valence-corrected chi connectivity index (χ2v) is 5.13. The number of aliphatic carboxylic acids is 1. The lowest BCUT2D eigenvalue weighted by atomic mass is 9.91. The molecule has 1 aromatic rings. The number of carboxylic acids is 1. The van der Waals surface area contributed by atoms with E-state index in [1.807, 2.05) is 6.92 Å². The summed E-state index contributed by atoms with van der Waals surface area (Å²) in [6.45, 7) is 5.59. The first-order valence-electron chi connectivity index (χ1n) is 6.29. The van der Waals surface area contributed by atoms with Gasteiger partial charge in [-0.05, 0) is 25.8 Å². The lowest BCUT2D eigenvalue weighted by molar-refractivity contribution is -0.296. The number of carbonyl (C=O) groups is 3. The van der Waals surface area contributed by atoms with Crippen molar-refractivity contribution in [2.75, 3.05) is 0 Å². The van der Waals surface area contributed by atoms with E-state index in [-0.39, 0.29) is 18.1 Å². The number of ether oxygens (including phenoxy) is 1. The number of hydrogen-bond donors (Lipinski definition) is 0. The number of benzene rings is 1. The van der Waals surface area contributed by atoms with Gasteiger partial charge in [-0.3, -0.25) is 9.59 Å². The molecule has 0 heterocycles. The first kappa shape index (κ1) is 15.9. The maximum Gasteiger partial charge on any atom is 0.311 e. The van der Waals surface area contributed by atoms with Gasteiger partial charge in [0.1, 0.15) is 12.6 Å². The predicted molar refractivity (Wildman–Crippen MR) is 69.6 cm³/mol. The van der Waals surface area contributed by atoms with Crippen LogP contribution in [0.5, 0.6) is 0 Å². The molecule has 108 valence electrons. The fourth-order valence-corrected chi connectivity index (χ4v) is 1.36. The number of Topliss-reactive ketones (excluding diaryl/α,β-unsaturated/α-hetero) is 1. The van der Waals surface area contributed by atoms with Crippen LogP contribution in [-0.2, 0) is 20.9 Å². The minimum atomic E-state index is -1.74. The van der Waals surface area contributed by atoms with Crippen LogP contribution < -0.4 is 5.11 Å². The molecule has 0 aromatic heterocycles. The Kier molecular flexibility index (Phi) is 5.02. The zero-order chi connectivity index (χ0) is 15.3. The number of esters is 1. The molecule has 0 unspecified atom stereocenters. The molecule has 0 spiro atoms. The minimum Gasteiger partial charge on any atom is -0.541 e. The van der Waals surface area contributed by atoms with Crippen molar-refractivity contribution in [2.24, 2.45) is 5.41 Å². The fraction of sp³-hybridized carbons (Fsp3) is 0.400. The monoisotopic (exact) mass is 277 g/mol. The van der Waals surface area contributed by atoms with Crippen LogP contribution in [0.25, 0.3) is 0 Å². The summed E-state index contributed by atoms with van der Waals surface area (Å²) in [5, 5.41) is 10.4. The minimum absolute atomic E-state index is 0.0361. The largest absolute Gasteiger partial charge is 0.541 e. The van der Waals surface area contributed by atoms with E-state index in [1.165, 1.54) is 12.1 Å². The number of carboxylic acid groups (broad SMARTS) is 1. The molecule has 0 saturated heterocycles. The SMILES string of the molecule is CCC(C)(C)C(=O)OCc1ccc(C(=O)C(=O)[O-])cc1. The Bertz CT molecular complexity index is 514. The summed E-state index contributed by atoms with van der Waals surface area (Å²) in [7, 11) is 0. The van der Waals surface area contributed by atoms with Crippen molar-refractivity contribution in [3.05, 3.63) is 35.4 Å². The van der Waals surface area contributed by atoms with E-state index in [0.717, 1.165) is 0 Å². The van der Waals surface area contributed by atoms with Crippen LogP contribution in [0.3, 0.4) is 0 Å². The van der Waals surface area contributed by atoms with Crippen LogP contribution in [-0.4, -0.2) is 17.7 Å². The highest BCUT2D eigenvalue weighted by Crippen LogP contribution is 2.22. The summed E-state index contributed by atoms with van der Waals surface area (Å²) in [5.41, 5.74) is 0.180. The van der Waals surface area contributed by atoms with Crippen molar-refractivity contribution >= 4 is 17.7 Å². The zero-order valence-corrected chi connectivity index (χ0v) is 11.8. The average molecular weight is 277 g/mol. The molecule has 1 aromatic carbocycles. The van der Waals surface area contributed by atoms with Crippen LogP contribution >= 0.6 is 0 Å². The smallest absolute Gasteiger partial charge is 0.311 e. The topological polar surface area (TPSA) is 83.5 Å². The van der Waals surface area contributed by atoms with Gasteiger partial charge in [0.2, 0.25) is 5.78 Å². The Balaban J connectivity index is 2.65. The highest BCUT2D eigenvalue weighted by Gasteiger charge is 2.26. The average Bonchev–Trinajstić information content (AvgIpc) is 2.44. The standard InChI is InChI=1S/C15H18O5/c1-4-15(2,3)14(19)20-9-10-5-7-11(8-6-10)12(16)13(17)18/h5-8H,4,9H2,1-3H3,(H,17,18)/p-1. The molecule has 0 N–H and O–H groups in total. The molecule has 5 nitrogen and oxygen atoms in total. The van der Waals surface area contributed by atoms with Gasteiger partial charge in [0.15, 0.2) is 0 Å². The van der Waals surface area contributed by atoms with Gasteiger partial charge in [0.25, 0.3) is 0 Å². The van der Waals surface area contributed by atoms with E-state index in [0.29, 0.717) is 12.0 Å². The molecule has 20 heavy (non-hydrogen) atoms. The summed E-state index contributed by atoms with van der Waals surface area (Å²) >= 11 is 0. The molecule has 0 fully saturated rings. The Hall–Kier alpha value is -2.17. The van der Waals surface area contributed by atoms with Crippen LogP contribution in [0.15, 0.2) is 24.3 Å². The summed E-state index contributed by atoms with van der Waals surface area (Å²) in [4.78, 5) is 33.3. The van der Waals surface area contributed by atoms with E-state index < -0.39 is 17.2 Å². The third-order valence-electron chi connectivity index (χ3n) is 3.21. The van der Waals surface area contributed by atoms with E-state index in [2.05, 4.69) is 0 Å². The van der Waals surface area contributed by atoms with Crippen LogP contribution in [0.1, 0.15) is 43.1 Å². The maximum absolute atomic E-state index is 11.8. The van der Waals surface area contributed by atoms with Crippen LogP contribution in [0, 0.1) is 5.41 Å². The van der Waals surface area contributed by atoms with E-state index >= 15 is 0 Å². The molecule has 0 aliphatic rings. The molecule has 0 aliphatic heterocycles. The first-order chi connectivity index (χ1) is 9.27. The number of hydrogen-bond acceptors (Lipinski definition) is 5. The van der Waals surface area contributed by atoms with Gasteiger partial charge in [0.05, 0.1) is 5.41 Å². The third kappa shape index (κ3) is 3.91. The molecule has 0 saturated carbocycles. The van der Waals surface area contributed by atoms with Crippen molar-refractivity contribution in [2.45, 2.75) is 33.8 Å². The van der Waals surface area contributed by atoms with Crippen LogP contribution in [0.2, 0.25) is 0 Å².